The van der Waals surface area contributed by atoms with Gasteiger partial charge in [0, 0.05) is 21.5 Å². The monoisotopic (exact) mass is 306 g/mol. The highest BCUT2D eigenvalue weighted by Crippen LogP contribution is 2.42. The number of carbonyl (C=O) groups is 1. The molecule has 3 aromatic rings. The van der Waals surface area contributed by atoms with E-state index < -0.39 is 7.14 Å². The summed E-state index contributed by atoms with van der Waals surface area (Å²) < 4.78 is 14.0. The molecule has 0 fully saturated rings. The first-order chi connectivity index (χ1) is 10.8. The predicted molar refractivity (Wildman–Crippen MR) is 91.2 cm³/mol. The number of benzene rings is 3. The lowest BCUT2D eigenvalue weighted by atomic mass is 10.2. The van der Waals surface area contributed by atoms with Crippen LogP contribution in [0.3, 0.4) is 0 Å². The molecule has 0 saturated heterocycles. The Labute approximate surface area is 129 Å². The Kier molecular flexibility index (Phi) is 4.04. The standard InChI is InChI=1S/C19H15O2P/c20-15-16-9-7-8-14-19(16)22(21,17-10-3-1-4-11-17)18-12-5-2-6-13-18/h1-15H. The summed E-state index contributed by atoms with van der Waals surface area (Å²) in [6, 6.07) is 25.8. The summed E-state index contributed by atoms with van der Waals surface area (Å²) in [4.78, 5) is 11.4. The van der Waals surface area contributed by atoms with E-state index in [0.717, 1.165) is 16.9 Å². The molecular formula is C19H15O2P. The van der Waals surface area contributed by atoms with Gasteiger partial charge < -0.3 is 4.57 Å². The maximum Gasteiger partial charge on any atom is 0.171 e. The lowest BCUT2D eigenvalue weighted by molar-refractivity contribution is 0.112. The highest BCUT2D eigenvalue weighted by Gasteiger charge is 2.31. The Morgan fingerprint density at radius 2 is 1.09 bits per heavy atom. The van der Waals surface area contributed by atoms with E-state index in [1.54, 1.807) is 18.2 Å². The lowest BCUT2D eigenvalue weighted by Gasteiger charge is -2.21. The molecule has 0 aliphatic rings. The van der Waals surface area contributed by atoms with Gasteiger partial charge in [0.15, 0.2) is 13.4 Å². The molecule has 0 heterocycles. The molecule has 0 atom stereocenters. The summed E-state index contributed by atoms with van der Waals surface area (Å²) in [6.07, 6.45) is 0.772. The zero-order valence-corrected chi connectivity index (χ0v) is 12.8. The van der Waals surface area contributed by atoms with Gasteiger partial charge in [-0.05, 0) is 0 Å². The molecule has 3 aromatic carbocycles. The van der Waals surface area contributed by atoms with Crippen molar-refractivity contribution in [2.24, 2.45) is 0 Å². The molecule has 2 nitrogen and oxygen atoms in total. The number of rotatable bonds is 4. The van der Waals surface area contributed by atoms with Gasteiger partial charge in [0.2, 0.25) is 0 Å². The van der Waals surface area contributed by atoms with Crippen LogP contribution in [0.1, 0.15) is 10.4 Å². The zero-order chi connectivity index (χ0) is 15.4. The smallest absolute Gasteiger partial charge is 0.171 e. The second-order valence-corrected chi connectivity index (χ2v) is 7.69. The average Bonchev–Trinajstić information content (AvgIpc) is 2.62. The molecule has 0 N–H and O–H groups in total. The molecule has 3 heteroatoms. The molecule has 0 aliphatic carbocycles. The van der Waals surface area contributed by atoms with Crippen LogP contribution in [0.5, 0.6) is 0 Å². The Balaban J connectivity index is 2.34. The zero-order valence-electron chi connectivity index (χ0n) is 11.9. The second-order valence-electron chi connectivity index (χ2n) is 4.96. The van der Waals surface area contributed by atoms with Gasteiger partial charge in [-0.25, -0.2) is 0 Å². The molecule has 0 amide bonds. The fourth-order valence-corrected chi connectivity index (χ4v) is 5.40. The van der Waals surface area contributed by atoms with Crippen molar-refractivity contribution < 1.29 is 9.36 Å². The maximum atomic E-state index is 14.0. The molecule has 0 aromatic heterocycles. The van der Waals surface area contributed by atoms with Crippen LogP contribution in [-0.4, -0.2) is 6.29 Å². The van der Waals surface area contributed by atoms with Gasteiger partial charge in [0.05, 0.1) is 0 Å². The van der Waals surface area contributed by atoms with E-state index in [0.29, 0.717) is 10.9 Å². The molecule has 22 heavy (non-hydrogen) atoms. The molecule has 0 radical (unpaired) electrons. The van der Waals surface area contributed by atoms with Crippen LogP contribution < -0.4 is 15.9 Å². The van der Waals surface area contributed by atoms with Gasteiger partial charge in [-0.2, -0.15) is 0 Å². The van der Waals surface area contributed by atoms with Gasteiger partial charge in [-0.3, -0.25) is 4.79 Å². The maximum absolute atomic E-state index is 14.0. The molecule has 0 spiro atoms. The van der Waals surface area contributed by atoms with Crippen molar-refractivity contribution in [3.63, 3.8) is 0 Å². The number of hydrogen-bond acceptors (Lipinski definition) is 2. The minimum atomic E-state index is -3.06. The van der Waals surface area contributed by atoms with Crippen LogP contribution in [0.4, 0.5) is 0 Å². The van der Waals surface area contributed by atoms with E-state index >= 15 is 0 Å². The molecule has 108 valence electrons. The van der Waals surface area contributed by atoms with Crippen molar-refractivity contribution in [3.05, 3.63) is 90.5 Å². The molecule has 0 saturated carbocycles. The van der Waals surface area contributed by atoms with Crippen molar-refractivity contribution >= 4 is 29.3 Å². The van der Waals surface area contributed by atoms with Gasteiger partial charge in [-0.15, -0.1) is 0 Å². The van der Waals surface area contributed by atoms with Gasteiger partial charge >= 0.3 is 0 Å². The van der Waals surface area contributed by atoms with Gasteiger partial charge in [-0.1, -0.05) is 84.9 Å². The van der Waals surface area contributed by atoms with Crippen LogP contribution in [-0.2, 0) is 4.57 Å². The van der Waals surface area contributed by atoms with Crippen LogP contribution >= 0.6 is 7.14 Å². The number of hydrogen-bond donors (Lipinski definition) is 0. The Morgan fingerprint density at radius 3 is 1.59 bits per heavy atom. The normalized spacial score (nSPS) is 11.1. The Hall–Kier alpha value is -2.44. The summed E-state index contributed by atoms with van der Waals surface area (Å²) in [5, 5.41) is 2.05. The van der Waals surface area contributed by atoms with Crippen LogP contribution in [0, 0.1) is 0 Å². The fourth-order valence-electron chi connectivity index (χ4n) is 2.58. The first-order valence-electron chi connectivity index (χ1n) is 7.03. The lowest BCUT2D eigenvalue weighted by Crippen LogP contribution is -2.27. The molecule has 0 aliphatic heterocycles. The average molecular weight is 306 g/mol. The molecular weight excluding hydrogens is 291 g/mol. The first-order valence-corrected chi connectivity index (χ1v) is 8.73. The van der Waals surface area contributed by atoms with Crippen molar-refractivity contribution in [2.75, 3.05) is 0 Å². The van der Waals surface area contributed by atoms with Crippen molar-refractivity contribution in [2.45, 2.75) is 0 Å². The third-order valence-electron chi connectivity index (χ3n) is 3.64. The molecule has 0 bridgehead atoms. The predicted octanol–water partition coefficient (Wildman–Crippen LogP) is 3.14. The minimum absolute atomic E-state index is 0.471. The second kappa shape index (κ2) is 6.13. The molecule has 0 unspecified atom stereocenters. The first kappa shape index (κ1) is 14.5. The Bertz CT molecular complexity index is 783. The van der Waals surface area contributed by atoms with Crippen molar-refractivity contribution in [1.29, 1.82) is 0 Å². The Morgan fingerprint density at radius 1 is 0.636 bits per heavy atom. The van der Waals surface area contributed by atoms with E-state index in [2.05, 4.69) is 0 Å². The number of aldehydes is 1. The third-order valence-corrected chi connectivity index (χ3v) is 6.78. The molecule has 3 rings (SSSR count). The third kappa shape index (κ3) is 2.43. The van der Waals surface area contributed by atoms with E-state index in [9.17, 15) is 9.36 Å². The summed E-state index contributed by atoms with van der Waals surface area (Å²) in [6.45, 7) is 0. The summed E-state index contributed by atoms with van der Waals surface area (Å²) in [7, 11) is -3.06. The fraction of sp³-hybridized carbons (Fsp3) is 0. The van der Waals surface area contributed by atoms with Crippen molar-refractivity contribution in [1.82, 2.24) is 0 Å². The van der Waals surface area contributed by atoms with Crippen LogP contribution in [0.15, 0.2) is 84.9 Å². The SMILES string of the molecule is O=Cc1ccccc1P(=O)(c1ccccc1)c1ccccc1. The van der Waals surface area contributed by atoms with E-state index in [1.807, 2.05) is 66.7 Å². The summed E-state index contributed by atoms with van der Waals surface area (Å²) in [5.74, 6) is 0. The van der Waals surface area contributed by atoms with E-state index in [-0.39, 0.29) is 0 Å². The largest absolute Gasteiger partial charge is 0.309 e. The van der Waals surface area contributed by atoms with Crippen LogP contribution in [0.2, 0.25) is 0 Å². The van der Waals surface area contributed by atoms with Gasteiger partial charge in [0.25, 0.3) is 0 Å². The summed E-state index contributed by atoms with van der Waals surface area (Å²) in [5.41, 5.74) is 0.471. The van der Waals surface area contributed by atoms with E-state index in [1.165, 1.54) is 0 Å². The highest BCUT2D eigenvalue weighted by atomic mass is 31.2. The topological polar surface area (TPSA) is 34.1 Å². The summed E-state index contributed by atoms with van der Waals surface area (Å²) >= 11 is 0. The van der Waals surface area contributed by atoms with Gasteiger partial charge in [0.1, 0.15) is 0 Å². The van der Waals surface area contributed by atoms with Crippen LogP contribution in [0.25, 0.3) is 0 Å². The minimum Gasteiger partial charge on any atom is -0.309 e. The van der Waals surface area contributed by atoms with Crippen molar-refractivity contribution in [3.8, 4) is 0 Å². The number of carbonyl (C=O) groups excluding carboxylic acids is 1. The van der Waals surface area contributed by atoms with E-state index in [4.69, 9.17) is 0 Å². The quantitative estimate of drug-likeness (QED) is 0.548. The highest BCUT2D eigenvalue weighted by molar-refractivity contribution is 7.85.